The Balaban J connectivity index is 2.10. The summed E-state index contributed by atoms with van der Waals surface area (Å²) >= 11 is 6.10. The van der Waals surface area contributed by atoms with E-state index in [4.69, 9.17) is 16.3 Å². The number of ether oxygens (including phenoxy) is 1. The molecule has 0 saturated carbocycles. The Morgan fingerprint density at radius 1 is 1.19 bits per heavy atom. The minimum atomic E-state index is -0.850. The molecule has 0 saturated heterocycles. The van der Waals surface area contributed by atoms with Crippen LogP contribution < -0.4 is 4.74 Å². The third-order valence-electron chi connectivity index (χ3n) is 3.46. The highest BCUT2D eigenvalue weighted by atomic mass is 35.5. The number of carbonyl (C=O) groups is 1. The SMILES string of the molecule is COc1ccc(CCC(C(=O)O)c2ccccc2Cl)cc1. The van der Waals surface area contributed by atoms with E-state index in [9.17, 15) is 9.90 Å². The number of halogens is 1. The standard InChI is InChI=1S/C17H17ClO3/c1-21-13-9-6-12(7-10-13)8-11-15(17(19)20)14-4-2-3-5-16(14)18/h2-7,9-10,15H,8,11H2,1H3,(H,19,20). The van der Waals surface area contributed by atoms with Gasteiger partial charge in [0.1, 0.15) is 5.75 Å². The number of aliphatic carboxylic acids is 1. The molecule has 1 atom stereocenters. The van der Waals surface area contributed by atoms with Crippen LogP contribution in [-0.4, -0.2) is 18.2 Å². The Labute approximate surface area is 129 Å². The predicted octanol–water partition coefficient (Wildman–Crippen LogP) is 4.15. The summed E-state index contributed by atoms with van der Waals surface area (Å²) in [7, 11) is 1.62. The van der Waals surface area contributed by atoms with Gasteiger partial charge in [-0.05, 0) is 42.2 Å². The summed E-state index contributed by atoms with van der Waals surface area (Å²) in [5, 5.41) is 9.93. The fourth-order valence-corrected chi connectivity index (χ4v) is 2.54. The average molecular weight is 305 g/mol. The van der Waals surface area contributed by atoms with Crippen LogP contribution in [0, 0.1) is 0 Å². The Morgan fingerprint density at radius 3 is 2.43 bits per heavy atom. The van der Waals surface area contributed by atoms with Gasteiger partial charge in [0.15, 0.2) is 0 Å². The minimum Gasteiger partial charge on any atom is -0.497 e. The van der Waals surface area contributed by atoms with Gasteiger partial charge in [-0.25, -0.2) is 0 Å². The summed E-state index contributed by atoms with van der Waals surface area (Å²) < 4.78 is 5.11. The molecule has 0 bridgehead atoms. The lowest BCUT2D eigenvalue weighted by atomic mass is 9.92. The number of hydrogen-bond donors (Lipinski definition) is 1. The van der Waals surface area contributed by atoms with Crippen LogP contribution in [0.15, 0.2) is 48.5 Å². The molecule has 110 valence electrons. The normalized spacial score (nSPS) is 11.9. The predicted molar refractivity (Wildman–Crippen MR) is 83.1 cm³/mol. The summed E-state index contributed by atoms with van der Waals surface area (Å²) in [6.45, 7) is 0. The fraction of sp³-hybridized carbons (Fsp3) is 0.235. The third kappa shape index (κ3) is 3.99. The molecule has 0 spiro atoms. The summed E-state index contributed by atoms with van der Waals surface area (Å²) in [6, 6.07) is 14.8. The summed E-state index contributed by atoms with van der Waals surface area (Å²) in [5.74, 6) is -0.656. The monoisotopic (exact) mass is 304 g/mol. The Kier molecular flexibility index (Phi) is 5.23. The quantitative estimate of drug-likeness (QED) is 0.872. The van der Waals surface area contributed by atoms with Crippen molar-refractivity contribution in [1.29, 1.82) is 0 Å². The number of aryl methyl sites for hydroxylation is 1. The lowest BCUT2D eigenvalue weighted by Crippen LogP contribution is -2.13. The zero-order valence-corrected chi connectivity index (χ0v) is 12.5. The molecule has 2 aromatic rings. The van der Waals surface area contributed by atoms with Gasteiger partial charge >= 0.3 is 5.97 Å². The van der Waals surface area contributed by atoms with Crippen molar-refractivity contribution in [2.75, 3.05) is 7.11 Å². The average Bonchev–Trinajstić information content (AvgIpc) is 2.49. The molecular weight excluding hydrogens is 288 g/mol. The topological polar surface area (TPSA) is 46.5 Å². The Hall–Kier alpha value is -2.00. The number of benzene rings is 2. The molecule has 2 rings (SSSR count). The van der Waals surface area contributed by atoms with Crippen molar-refractivity contribution >= 4 is 17.6 Å². The molecule has 1 unspecified atom stereocenters. The van der Waals surface area contributed by atoms with E-state index in [-0.39, 0.29) is 0 Å². The highest BCUT2D eigenvalue weighted by Crippen LogP contribution is 2.28. The molecule has 0 fully saturated rings. The van der Waals surface area contributed by atoms with Crippen molar-refractivity contribution < 1.29 is 14.6 Å². The first-order chi connectivity index (χ1) is 10.1. The molecule has 1 N–H and O–H groups in total. The van der Waals surface area contributed by atoms with Gasteiger partial charge in [0, 0.05) is 5.02 Å². The molecule has 0 heterocycles. The van der Waals surface area contributed by atoms with Crippen LogP contribution in [0.1, 0.15) is 23.5 Å². The van der Waals surface area contributed by atoms with Crippen molar-refractivity contribution in [3.63, 3.8) is 0 Å². The van der Waals surface area contributed by atoms with E-state index >= 15 is 0 Å². The smallest absolute Gasteiger partial charge is 0.311 e. The zero-order valence-electron chi connectivity index (χ0n) is 11.8. The van der Waals surface area contributed by atoms with Crippen LogP contribution in [0.3, 0.4) is 0 Å². The summed E-state index contributed by atoms with van der Waals surface area (Å²) in [4.78, 5) is 11.5. The molecule has 0 radical (unpaired) electrons. The largest absolute Gasteiger partial charge is 0.497 e. The molecule has 0 aliphatic carbocycles. The van der Waals surface area contributed by atoms with Crippen molar-refractivity contribution in [3.8, 4) is 5.75 Å². The van der Waals surface area contributed by atoms with Crippen molar-refractivity contribution in [1.82, 2.24) is 0 Å². The maximum absolute atomic E-state index is 11.5. The van der Waals surface area contributed by atoms with Crippen LogP contribution in [0.2, 0.25) is 5.02 Å². The summed E-state index contributed by atoms with van der Waals surface area (Å²) in [6.07, 6.45) is 1.18. The first-order valence-corrected chi connectivity index (χ1v) is 7.09. The molecule has 21 heavy (non-hydrogen) atoms. The maximum Gasteiger partial charge on any atom is 0.311 e. The van der Waals surface area contributed by atoms with Gasteiger partial charge < -0.3 is 9.84 Å². The van der Waals surface area contributed by atoms with E-state index in [0.717, 1.165) is 11.3 Å². The molecule has 3 nitrogen and oxygen atoms in total. The van der Waals surface area contributed by atoms with Gasteiger partial charge in [-0.1, -0.05) is 41.9 Å². The number of rotatable bonds is 6. The lowest BCUT2D eigenvalue weighted by molar-refractivity contribution is -0.138. The van der Waals surface area contributed by atoms with Crippen LogP contribution in [0.25, 0.3) is 0 Å². The van der Waals surface area contributed by atoms with Gasteiger partial charge in [-0.2, -0.15) is 0 Å². The van der Waals surface area contributed by atoms with Crippen LogP contribution >= 0.6 is 11.6 Å². The van der Waals surface area contributed by atoms with Crippen LogP contribution in [0.4, 0.5) is 0 Å². The third-order valence-corrected chi connectivity index (χ3v) is 3.80. The van der Waals surface area contributed by atoms with Crippen LogP contribution in [0.5, 0.6) is 5.75 Å². The fourth-order valence-electron chi connectivity index (χ4n) is 2.27. The van der Waals surface area contributed by atoms with Gasteiger partial charge in [0.05, 0.1) is 13.0 Å². The molecule has 4 heteroatoms. The van der Waals surface area contributed by atoms with Crippen molar-refractivity contribution in [2.45, 2.75) is 18.8 Å². The van der Waals surface area contributed by atoms with Crippen LogP contribution in [-0.2, 0) is 11.2 Å². The second kappa shape index (κ2) is 7.14. The lowest BCUT2D eigenvalue weighted by Gasteiger charge is -2.14. The maximum atomic E-state index is 11.5. The first-order valence-electron chi connectivity index (χ1n) is 6.72. The molecule has 0 aliphatic rings. The van der Waals surface area contributed by atoms with Crippen molar-refractivity contribution in [2.24, 2.45) is 0 Å². The van der Waals surface area contributed by atoms with Gasteiger partial charge in [0.25, 0.3) is 0 Å². The van der Waals surface area contributed by atoms with Gasteiger partial charge in [0.2, 0.25) is 0 Å². The van der Waals surface area contributed by atoms with Crippen molar-refractivity contribution in [3.05, 3.63) is 64.7 Å². The van der Waals surface area contributed by atoms with E-state index in [0.29, 0.717) is 23.4 Å². The van der Waals surface area contributed by atoms with E-state index < -0.39 is 11.9 Å². The summed E-state index contributed by atoms with van der Waals surface area (Å²) in [5.41, 5.74) is 1.74. The highest BCUT2D eigenvalue weighted by Gasteiger charge is 2.21. The zero-order chi connectivity index (χ0) is 15.2. The van der Waals surface area contributed by atoms with E-state index in [1.807, 2.05) is 30.3 Å². The number of carboxylic acids is 1. The number of methoxy groups -OCH3 is 1. The molecule has 0 aliphatic heterocycles. The Bertz CT molecular complexity index is 608. The number of hydrogen-bond acceptors (Lipinski definition) is 2. The molecular formula is C17H17ClO3. The molecule has 0 amide bonds. The molecule has 2 aromatic carbocycles. The van der Waals surface area contributed by atoms with E-state index in [1.54, 1.807) is 25.3 Å². The van der Waals surface area contributed by atoms with Gasteiger partial charge in [-0.3, -0.25) is 4.79 Å². The number of carboxylic acid groups (broad SMARTS) is 1. The van der Waals surface area contributed by atoms with E-state index in [1.165, 1.54) is 0 Å². The minimum absolute atomic E-state index is 0.500. The highest BCUT2D eigenvalue weighted by molar-refractivity contribution is 6.31. The Morgan fingerprint density at radius 2 is 1.86 bits per heavy atom. The second-order valence-corrected chi connectivity index (χ2v) is 5.21. The molecule has 0 aromatic heterocycles. The van der Waals surface area contributed by atoms with Gasteiger partial charge in [-0.15, -0.1) is 0 Å². The first kappa shape index (κ1) is 15.4. The second-order valence-electron chi connectivity index (χ2n) is 4.80. The van der Waals surface area contributed by atoms with E-state index in [2.05, 4.69) is 0 Å².